The smallest absolute Gasteiger partial charge is 0.360 e. The van der Waals surface area contributed by atoms with Crippen molar-refractivity contribution in [3.8, 4) is 0 Å². The van der Waals surface area contributed by atoms with E-state index in [1.165, 1.54) is 0 Å². The maximum Gasteiger partial charge on any atom is 0.360 e. The number of carbonyl (C=O) groups is 1. The Morgan fingerprint density at radius 1 is 1.17 bits per heavy atom. The fourth-order valence-electron chi connectivity index (χ4n) is 3.11. The molecule has 166 valence electrons. The summed E-state index contributed by atoms with van der Waals surface area (Å²) < 4.78 is 58.2. The number of rotatable bonds is 5. The number of ether oxygens (including phenoxy) is 1. The molecule has 0 aliphatic carbocycles. The van der Waals surface area contributed by atoms with Crippen molar-refractivity contribution in [1.82, 2.24) is 14.2 Å². The first kappa shape index (κ1) is 22.4. The van der Waals surface area contributed by atoms with Crippen LogP contribution in [-0.4, -0.2) is 74.3 Å². The largest absolute Gasteiger partial charge is 0.455 e. The number of pyridine rings is 1. The molecule has 1 atom stereocenters. The van der Waals surface area contributed by atoms with Gasteiger partial charge in [0.1, 0.15) is 11.4 Å². The van der Waals surface area contributed by atoms with E-state index in [9.17, 15) is 21.6 Å². The van der Waals surface area contributed by atoms with E-state index in [-0.39, 0.29) is 23.3 Å². The Bertz CT molecular complexity index is 1200. The number of nitrogens with zero attached hydrogens (tertiary/aromatic N) is 4. The Labute approximate surface area is 175 Å². The lowest BCUT2D eigenvalue weighted by Gasteiger charge is -2.18. The number of anilines is 1. The van der Waals surface area contributed by atoms with Crippen LogP contribution in [0.2, 0.25) is 0 Å². The van der Waals surface area contributed by atoms with Gasteiger partial charge in [-0.05, 0) is 39.3 Å². The summed E-state index contributed by atoms with van der Waals surface area (Å²) in [6.07, 6.45) is 1.90. The molecule has 0 aromatic carbocycles. The van der Waals surface area contributed by atoms with Crippen molar-refractivity contribution in [2.45, 2.75) is 38.9 Å². The van der Waals surface area contributed by atoms with Crippen LogP contribution in [0.5, 0.6) is 0 Å². The minimum absolute atomic E-state index is 0.0108. The molecule has 1 fully saturated rings. The SMILES string of the molecule is CC(C)(C)OC(=O)c1nn(S(C)(=O)=O)c2nc(N3CCC(OS(C)(=O)=O)C3)ccc12. The Kier molecular flexibility index (Phi) is 5.58. The first-order valence-electron chi connectivity index (χ1n) is 9.11. The molecule has 1 aliphatic rings. The third-order valence-electron chi connectivity index (χ3n) is 4.17. The second-order valence-electron chi connectivity index (χ2n) is 8.15. The van der Waals surface area contributed by atoms with E-state index in [0.717, 1.165) is 12.5 Å². The molecule has 13 heteroatoms. The van der Waals surface area contributed by atoms with Crippen molar-refractivity contribution in [2.75, 3.05) is 30.5 Å². The zero-order chi connectivity index (χ0) is 22.5. The molecule has 0 bridgehead atoms. The van der Waals surface area contributed by atoms with E-state index in [4.69, 9.17) is 8.92 Å². The van der Waals surface area contributed by atoms with Crippen molar-refractivity contribution >= 4 is 43.0 Å². The van der Waals surface area contributed by atoms with Crippen LogP contribution in [0.25, 0.3) is 11.0 Å². The van der Waals surface area contributed by atoms with Crippen LogP contribution in [0.4, 0.5) is 5.82 Å². The van der Waals surface area contributed by atoms with Gasteiger partial charge in [0.15, 0.2) is 11.3 Å². The molecular weight excluding hydrogens is 436 g/mol. The molecule has 0 N–H and O–H groups in total. The summed E-state index contributed by atoms with van der Waals surface area (Å²) in [4.78, 5) is 18.7. The molecule has 0 spiro atoms. The molecule has 3 heterocycles. The van der Waals surface area contributed by atoms with E-state index < -0.39 is 37.8 Å². The number of carbonyl (C=O) groups excluding carboxylic acids is 1. The van der Waals surface area contributed by atoms with Gasteiger partial charge in [0, 0.05) is 13.1 Å². The summed E-state index contributed by atoms with van der Waals surface area (Å²) >= 11 is 0. The maximum atomic E-state index is 12.5. The van der Waals surface area contributed by atoms with Gasteiger partial charge >= 0.3 is 5.97 Å². The van der Waals surface area contributed by atoms with Crippen LogP contribution < -0.4 is 4.90 Å². The van der Waals surface area contributed by atoms with E-state index in [1.54, 1.807) is 37.8 Å². The highest BCUT2D eigenvalue weighted by Gasteiger charge is 2.30. The molecule has 11 nitrogen and oxygen atoms in total. The average Bonchev–Trinajstić information content (AvgIpc) is 3.14. The monoisotopic (exact) mass is 460 g/mol. The van der Waals surface area contributed by atoms with Gasteiger partial charge in [-0.25, -0.2) is 18.2 Å². The Morgan fingerprint density at radius 2 is 1.83 bits per heavy atom. The van der Waals surface area contributed by atoms with Gasteiger partial charge in [0.05, 0.1) is 24.0 Å². The van der Waals surface area contributed by atoms with Crippen LogP contribution in [-0.2, 0) is 29.1 Å². The summed E-state index contributed by atoms with van der Waals surface area (Å²) in [6, 6.07) is 3.17. The summed E-state index contributed by atoms with van der Waals surface area (Å²) in [7, 11) is -7.44. The van der Waals surface area contributed by atoms with Crippen molar-refractivity contribution in [3.63, 3.8) is 0 Å². The first-order chi connectivity index (χ1) is 13.6. The van der Waals surface area contributed by atoms with E-state index in [1.807, 2.05) is 0 Å². The number of esters is 1. The van der Waals surface area contributed by atoms with Gasteiger partial charge in [0.2, 0.25) is 0 Å². The zero-order valence-corrected chi connectivity index (χ0v) is 18.9. The molecule has 1 saturated heterocycles. The Hall–Kier alpha value is -2.25. The summed E-state index contributed by atoms with van der Waals surface area (Å²) in [5.41, 5.74) is -0.942. The fraction of sp³-hybridized carbons (Fsp3) is 0.588. The lowest BCUT2D eigenvalue weighted by atomic mass is 10.2. The van der Waals surface area contributed by atoms with Gasteiger partial charge in [-0.2, -0.15) is 8.42 Å². The number of hydrogen-bond acceptors (Lipinski definition) is 10. The van der Waals surface area contributed by atoms with Gasteiger partial charge in [0.25, 0.3) is 20.1 Å². The predicted molar refractivity (Wildman–Crippen MR) is 109 cm³/mol. The Balaban J connectivity index is 2.00. The minimum atomic E-state index is -3.85. The van der Waals surface area contributed by atoms with E-state index in [0.29, 0.717) is 22.9 Å². The maximum absolute atomic E-state index is 12.5. The molecule has 2 aromatic rings. The number of fused-ring (bicyclic) bond motifs is 1. The predicted octanol–water partition coefficient (Wildman–Crippen LogP) is 0.749. The molecule has 2 aromatic heterocycles. The van der Waals surface area contributed by atoms with Crippen molar-refractivity contribution < 1.29 is 30.6 Å². The summed E-state index contributed by atoms with van der Waals surface area (Å²) in [5.74, 6) is -0.338. The van der Waals surface area contributed by atoms with Gasteiger partial charge in [-0.3, -0.25) is 4.18 Å². The van der Waals surface area contributed by atoms with Gasteiger partial charge in [-0.1, -0.05) is 0 Å². The number of aromatic nitrogens is 3. The lowest BCUT2D eigenvalue weighted by Crippen LogP contribution is -2.25. The Morgan fingerprint density at radius 3 is 2.40 bits per heavy atom. The molecule has 0 radical (unpaired) electrons. The molecule has 0 saturated carbocycles. The lowest BCUT2D eigenvalue weighted by molar-refractivity contribution is 0.00648. The highest BCUT2D eigenvalue weighted by molar-refractivity contribution is 7.89. The summed E-state index contributed by atoms with van der Waals surface area (Å²) in [5, 5.41) is 4.18. The van der Waals surface area contributed by atoms with Crippen molar-refractivity contribution in [3.05, 3.63) is 17.8 Å². The fourth-order valence-corrected chi connectivity index (χ4v) is 4.44. The topological polar surface area (TPSA) is 138 Å². The van der Waals surface area contributed by atoms with E-state index in [2.05, 4.69) is 10.1 Å². The minimum Gasteiger partial charge on any atom is -0.455 e. The zero-order valence-electron chi connectivity index (χ0n) is 17.3. The molecule has 30 heavy (non-hydrogen) atoms. The second-order valence-corrected chi connectivity index (χ2v) is 11.6. The quantitative estimate of drug-likeness (QED) is 0.464. The molecule has 1 aliphatic heterocycles. The van der Waals surface area contributed by atoms with Crippen molar-refractivity contribution in [2.24, 2.45) is 0 Å². The van der Waals surface area contributed by atoms with Crippen LogP contribution in [0.15, 0.2) is 12.1 Å². The highest BCUT2D eigenvalue weighted by Crippen LogP contribution is 2.27. The van der Waals surface area contributed by atoms with E-state index >= 15 is 0 Å². The van der Waals surface area contributed by atoms with Crippen LogP contribution >= 0.6 is 0 Å². The van der Waals surface area contributed by atoms with Crippen molar-refractivity contribution in [1.29, 1.82) is 0 Å². The molecule has 1 unspecified atom stereocenters. The van der Waals surface area contributed by atoms with Gasteiger partial charge < -0.3 is 9.64 Å². The number of hydrogen-bond donors (Lipinski definition) is 0. The normalized spacial score (nSPS) is 18.2. The average molecular weight is 461 g/mol. The second kappa shape index (κ2) is 7.46. The standard InChI is InChI=1S/C17H24N4O7S2/c1-17(2,3)27-16(22)14-12-6-7-13(18-15(12)21(19-14)29(4,23)24)20-9-8-11(10-20)28-30(5,25)26/h6-7,11H,8-10H2,1-5H3. The third-order valence-corrected chi connectivity index (χ3v) is 5.68. The summed E-state index contributed by atoms with van der Waals surface area (Å²) in [6.45, 7) is 5.83. The highest BCUT2D eigenvalue weighted by atomic mass is 32.2. The van der Waals surface area contributed by atoms with Crippen LogP contribution in [0.1, 0.15) is 37.7 Å². The molecule has 3 rings (SSSR count). The van der Waals surface area contributed by atoms with Crippen LogP contribution in [0, 0.1) is 0 Å². The van der Waals surface area contributed by atoms with Crippen LogP contribution in [0.3, 0.4) is 0 Å². The van der Waals surface area contributed by atoms with Gasteiger partial charge in [-0.15, -0.1) is 9.19 Å². The molecule has 0 amide bonds. The first-order valence-corrected chi connectivity index (χ1v) is 12.8. The third kappa shape index (κ3) is 5.08. The molecular formula is C17H24N4O7S2.